The van der Waals surface area contributed by atoms with Crippen LogP contribution in [0.5, 0.6) is 11.5 Å². The molecule has 0 atom stereocenters. The molecule has 11 aromatic carbocycles. The molecular formula is C68H62Cu2O2P3+3. The first kappa shape index (κ1) is 59.2. The van der Waals surface area contributed by atoms with Gasteiger partial charge in [-0.05, 0) is 123 Å². The van der Waals surface area contributed by atoms with Crippen LogP contribution in [0, 0.1) is 13.8 Å². The Morgan fingerprint density at radius 3 is 0.413 bits per heavy atom. The van der Waals surface area contributed by atoms with Crippen molar-refractivity contribution in [2.75, 3.05) is 0 Å². The van der Waals surface area contributed by atoms with Gasteiger partial charge in [0, 0.05) is 0 Å². The molecule has 0 aliphatic heterocycles. The third kappa shape index (κ3) is 19.5. The molecule has 7 heteroatoms. The summed E-state index contributed by atoms with van der Waals surface area (Å²) >= 11 is 0. The zero-order valence-electron chi connectivity index (χ0n) is 42.0. The summed E-state index contributed by atoms with van der Waals surface area (Å²) in [6.07, 6.45) is 0. The standard InChI is InChI=1S/3C18H15P.2C7H8O.2Cu/c3*1-4-10-16(11-5-1)19(17-12-6-2-7-13-17)18-14-8-3-9-15-18;2*1-6-2-4-7(8)5-3-6;;/h3*1-15H;2*2-5,8H,1H3;;/q;;;;;2*+1/p+1. The Hall–Kier alpha value is -6.65. The molecule has 75 heavy (non-hydrogen) atoms. The van der Waals surface area contributed by atoms with Crippen LogP contribution in [-0.2, 0) is 34.1 Å². The van der Waals surface area contributed by atoms with Crippen molar-refractivity contribution in [3.05, 3.63) is 333 Å². The number of aryl methyl sites for hydroxylation is 2. The van der Waals surface area contributed by atoms with Gasteiger partial charge in [0.25, 0.3) is 0 Å². The molecule has 0 saturated heterocycles. The first-order valence-corrected chi connectivity index (χ1v) is 29.0. The van der Waals surface area contributed by atoms with Crippen LogP contribution in [0.4, 0.5) is 0 Å². The van der Waals surface area contributed by atoms with Crippen LogP contribution in [0.25, 0.3) is 0 Å². The van der Waals surface area contributed by atoms with Crippen molar-refractivity contribution in [1.82, 2.24) is 0 Å². The molecule has 11 rings (SSSR count). The Labute approximate surface area is 470 Å². The molecular weight excluding hydrogens is 1070 g/mol. The molecule has 0 aromatic heterocycles. The molecule has 0 aliphatic rings. The number of hydrogen-bond donors (Lipinski definition) is 0. The third-order valence-corrected chi connectivity index (χ3v) is 19.8. The van der Waals surface area contributed by atoms with Gasteiger partial charge in [0.2, 0.25) is 0 Å². The Morgan fingerprint density at radius 2 is 0.307 bits per heavy atom. The van der Waals surface area contributed by atoms with E-state index in [9.17, 15) is 10.2 Å². The van der Waals surface area contributed by atoms with Gasteiger partial charge in [-0.2, -0.15) is 0 Å². The monoisotopic (exact) mass is 1130 g/mol. The number of rotatable bonds is 9. The first-order valence-electron chi connectivity index (χ1n) is 24.5. The van der Waals surface area contributed by atoms with Crippen LogP contribution in [0.15, 0.2) is 322 Å². The van der Waals surface area contributed by atoms with E-state index in [1.54, 1.807) is 24.3 Å². The quantitative estimate of drug-likeness (QED) is 0.107. The minimum Gasteiger partial charge on any atom is -0.872 e. The summed E-state index contributed by atoms with van der Waals surface area (Å²) in [6, 6.07) is 111. The molecule has 2 nitrogen and oxygen atoms in total. The van der Waals surface area contributed by atoms with Gasteiger partial charge in [-0.15, -0.1) is 11.5 Å². The van der Waals surface area contributed by atoms with Gasteiger partial charge in [0.15, 0.2) is 0 Å². The van der Waals surface area contributed by atoms with Gasteiger partial charge in [-0.25, -0.2) is 0 Å². The average Bonchev–Trinajstić information content (AvgIpc) is 3.46. The van der Waals surface area contributed by atoms with Crippen molar-refractivity contribution in [1.29, 1.82) is 0 Å². The van der Waals surface area contributed by atoms with E-state index in [4.69, 9.17) is 0 Å². The second kappa shape index (κ2) is 33.3. The van der Waals surface area contributed by atoms with Gasteiger partial charge >= 0.3 is 34.1 Å². The van der Waals surface area contributed by atoms with Crippen LogP contribution in [0.3, 0.4) is 0 Å². The molecule has 0 spiro atoms. The maximum atomic E-state index is 10.4. The summed E-state index contributed by atoms with van der Waals surface area (Å²) in [5.74, 6) is 0.159. The van der Waals surface area contributed by atoms with Gasteiger partial charge in [-0.1, -0.05) is 223 Å². The zero-order valence-corrected chi connectivity index (χ0v) is 46.9. The summed E-state index contributed by atoms with van der Waals surface area (Å²) in [5, 5.41) is 33.8. The fourth-order valence-electron chi connectivity index (χ4n) is 8.02. The Bertz CT molecular complexity index is 2520. The Kier molecular flexibility index (Phi) is 26.3. The summed E-state index contributed by atoms with van der Waals surface area (Å²) in [6.45, 7) is 3.92. The molecule has 0 saturated carbocycles. The van der Waals surface area contributed by atoms with Gasteiger partial charge < -0.3 is 10.2 Å². The van der Waals surface area contributed by atoms with Crippen LogP contribution in [0.1, 0.15) is 11.1 Å². The van der Waals surface area contributed by atoms with Crippen molar-refractivity contribution in [2.24, 2.45) is 0 Å². The van der Waals surface area contributed by atoms with E-state index in [0.717, 1.165) is 11.1 Å². The van der Waals surface area contributed by atoms with E-state index in [-0.39, 0.29) is 45.6 Å². The molecule has 0 N–H and O–H groups in total. The van der Waals surface area contributed by atoms with Gasteiger partial charge in [0.05, 0.1) is 23.8 Å². The summed E-state index contributed by atoms with van der Waals surface area (Å²) in [7, 11) is -2.63. The smallest absolute Gasteiger partial charge is 0.872 e. The van der Waals surface area contributed by atoms with Gasteiger partial charge in [-0.3, -0.25) is 0 Å². The first-order chi connectivity index (χ1) is 35.9. The molecule has 0 bridgehead atoms. The topological polar surface area (TPSA) is 46.1 Å². The average molecular weight is 1130 g/mol. The van der Waals surface area contributed by atoms with Crippen molar-refractivity contribution in [2.45, 2.75) is 13.8 Å². The SMILES string of the molecule is Cc1ccc([O-])cc1.Cc1ccc([O-])cc1.[Cu+].[Cu+].c1ccc([PH+](c2ccccc2)c2ccccc2)cc1.c1ccc([PH+](c2ccccc2)c2ccccc2)cc1.c1ccc([PH+](c2ccccc2)c2ccccc2)cc1. The predicted molar refractivity (Wildman–Crippen MR) is 321 cm³/mol. The maximum absolute atomic E-state index is 10.4. The van der Waals surface area contributed by atoms with E-state index in [0.29, 0.717) is 0 Å². The number of benzene rings is 11. The van der Waals surface area contributed by atoms with Crippen LogP contribution < -0.4 is 58.0 Å². The van der Waals surface area contributed by atoms with E-state index >= 15 is 0 Å². The second-order valence-electron chi connectivity index (χ2n) is 17.0. The summed E-state index contributed by atoms with van der Waals surface area (Å²) in [4.78, 5) is 0. The van der Waals surface area contributed by atoms with Crippen molar-refractivity contribution in [3.63, 3.8) is 0 Å². The Balaban J connectivity index is 0.000000180. The molecule has 0 heterocycles. The van der Waals surface area contributed by atoms with Crippen LogP contribution in [0.2, 0.25) is 0 Å². The van der Waals surface area contributed by atoms with Crippen molar-refractivity contribution in [3.8, 4) is 11.5 Å². The van der Waals surface area contributed by atoms with Crippen molar-refractivity contribution < 1.29 is 44.4 Å². The largest absolute Gasteiger partial charge is 1.00 e. The van der Waals surface area contributed by atoms with Crippen LogP contribution in [-0.4, -0.2) is 0 Å². The normalized spacial score (nSPS) is 9.99. The Morgan fingerprint density at radius 1 is 0.187 bits per heavy atom. The van der Waals surface area contributed by atoms with Gasteiger partial charge in [0.1, 0.15) is 47.7 Å². The second-order valence-corrected chi connectivity index (χ2v) is 24.5. The maximum Gasteiger partial charge on any atom is 1.00 e. The molecule has 0 amide bonds. The minimum atomic E-state index is -0.877. The zero-order chi connectivity index (χ0) is 50.7. The summed E-state index contributed by atoms with van der Waals surface area (Å²) < 4.78 is 0. The molecule has 0 radical (unpaired) electrons. The van der Waals surface area contributed by atoms with E-state index in [1.165, 1.54) is 47.7 Å². The fraction of sp³-hybridized carbons (Fsp3) is 0.0294. The molecule has 11 aromatic rings. The van der Waals surface area contributed by atoms with Crippen molar-refractivity contribution >= 4 is 71.5 Å². The van der Waals surface area contributed by atoms with E-state index < -0.39 is 23.8 Å². The van der Waals surface area contributed by atoms with Crippen LogP contribution >= 0.6 is 23.8 Å². The fourth-order valence-corrected chi connectivity index (χ4v) is 15.8. The number of hydrogen-bond acceptors (Lipinski definition) is 2. The van der Waals surface area contributed by atoms with E-state index in [2.05, 4.69) is 273 Å². The molecule has 0 unspecified atom stereocenters. The molecule has 0 fully saturated rings. The summed E-state index contributed by atoms with van der Waals surface area (Å²) in [5.41, 5.74) is 2.26. The molecule has 380 valence electrons. The van der Waals surface area contributed by atoms with E-state index in [1.807, 2.05) is 38.1 Å². The predicted octanol–water partition coefficient (Wildman–Crippen LogP) is 11.7. The third-order valence-electron chi connectivity index (χ3n) is 11.6. The molecule has 0 aliphatic carbocycles. The minimum absolute atomic E-state index is 0.